The summed E-state index contributed by atoms with van der Waals surface area (Å²) in [5, 5.41) is 7.55. The molecule has 0 radical (unpaired) electrons. The van der Waals surface area contributed by atoms with Crippen LogP contribution in [0.5, 0.6) is 5.75 Å². The van der Waals surface area contributed by atoms with Gasteiger partial charge in [0.2, 0.25) is 5.91 Å². The first-order chi connectivity index (χ1) is 11.5. The van der Waals surface area contributed by atoms with Crippen molar-refractivity contribution in [3.05, 3.63) is 47.3 Å². The molecule has 0 saturated heterocycles. The quantitative estimate of drug-likeness (QED) is 0.918. The number of carbonyl (C=O) groups is 1. The molecule has 2 aromatic rings. The third kappa shape index (κ3) is 3.78. The summed E-state index contributed by atoms with van der Waals surface area (Å²) in [7, 11) is 0. The minimum Gasteiger partial charge on any atom is -0.492 e. The highest BCUT2D eigenvalue weighted by molar-refractivity contribution is 5.79. The highest BCUT2D eigenvalue weighted by atomic mass is 16.5. The molecule has 1 aromatic carbocycles. The third-order valence-corrected chi connectivity index (χ3v) is 4.46. The Hall–Kier alpha value is -2.30. The minimum atomic E-state index is -0.110. The van der Waals surface area contributed by atoms with Gasteiger partial charge >= 0.3 is 0 Å². The Bertz CT molecular complexity index is 723. The molecule has 2 atom stereocenters. The van der Waals surface area contributed by atoms with E-state index in [9.17, 15) is 4.79 Å². The van der Waals surface area contributed by atoms with E-state index in [1.54, 1.807) is 0 Å². The summed E-state index contributed by atoms with van der Waals surface area (Å²) in [6.07, 6.45) is 0.744. The summed E-state index contributed by atoms with van der Waals surface area (Å²) in [6, 6.07) is 10.0. The monoisotopic (exact) mass is 327 g/mol. The zero-order chi connectivity index (χ0) is 17.1. The first-order valence-corrected chi connectivity index (χ1v) is 8.52. The number of nitrogens with zero attached hydrogens (tertiary/aromatic N) is 2. The van der Waals surface area contributed by atoms with Gasteiger partial charge in [-0.25, -0.2) is 0 Å². The molecule has 128 valence electrons. The minimum absolute atomic E-state index is 0.0738. The molecule has 1 aromatic heterocycles. The standard InChI is InChI=1S/C19H25N3O2/c1-13(11-22-15(3)8-14(2)21-22)10-20-19(23)17-9-16-6-4-5-7-18(16)24-12-17/h4-8,13,17H,9-12H2,1-3H3,(H,20,23)/t13-,17-/m0/s1. The van der Waals surface area contributed by atoms with Gasteiger partial charge in [-0.05, 0) is 43.9 Å². The van der Waals surface area contributed by atoms with Gasteiger partial charge < -0.3 is 10.1 Å². The molecule has 1 aliphatic heterocycles. The third-order valence-electron chi connectivity index (χ3n) is 4.46. The summed E-state index contributed by atoms with van der Waals surface area (Å²) >= 11 is 0. The number of rotatable bonds is 5. The van der Waals surface area contributed by atoms with E-state index in [2.05, 4.69) is 30.3 Å². The fourth-order valence-electron chi connectivity index (χ4n) is 3.14. The van der Waals surface area contributed by atoms with Crippen molar-refractivity contribution in [1.29, 1.82) is 0 Å². The second kappa shape index (κ2) is 7.07. The summed E-state index contributed by atoms with van der Waals surface area (Å²) < 4.78 is 7.71. The summed E-state index contributed by atoms with van der Waals surface area (Å²) in [6.45, 7) is 8.09. The van der Waals surface area contributed by atoms with E-state index < -0.39 is 0 Å². The molecule has 1 N–H and O–H groups in total. The molecule has 0 fully saturated rings. The Morgan fingerprint density at radius 1 is 1.42 bits per heavy atom. The molecule has 0 bridgehead atoms. The van der Waals surface area contributed by atoms with E-state index in [0.29, 0.717) is 19.1 Å². The number of hydrogen-bond donors (Lipinski definition) is 1. The summed E-state index contributed by atoms with van der Waals surface area (Å²) in [5.41, 5.74) is 3.30. The fourth-order valence-corrected chi connectivity index (χ4v) is 3.14. The average Bonchev–Trinajstić information content (AvgIpc) is 2.89. The molecule has 24 heavy (non-hydrogen) atoms. The number of hydrogen-bond acceptors (Lipinski definition) is 3. The van der Waals surface area contributed by atoms with Crippen molar-refractivity contribution in [3.63, 3.8) is 0 Å². The number of carbonyl (C=O) groups excluding carboxylic acids is 1. The van der Waals surface area contributed by atoms with Gasteiger partial charge in [-0.15, -0.1) is 0 Å². The number of ether oxygens (including phenoxy) is 1. The first kappa shape index (κ1) is 16.6. The lowest BCUT2D eigenvalue weighted by molar-refractivity contribution is -0.126. The van der Waals surface area contributed by atoms with Gasteiger partial charge in [0, 0.05) is 18.8 Å². The van der Waals surface area contributed by atoms with Crippen LogP contribution in [-0.4, -0.2) is 28.8 Å². The number of aryl methyl sites for hydroxylation is 2. The van der Waals surface area contributed by atoms with Crippen molar-refractivity contribution in [1.82, 2.24) is 15.1 Å². The van der Waals surface area contributed by atoms with Crippen LogP contribution in [0, 0.1) is 25.7 Å². The van der Waals surface area contributed by atoms with Gasteiger partial charge in [-0.1, -0.05) is 25.1 Å². The van der Waals surface area contributed by atoms with Crippen LogP contribution in [0.1, 0.15) is 23.9 Å². The van der Waals surface area contributed by atoms with Gasteiger partial charge in [0.25, 0.3) is 0 Å². The van der Waals surface area contributed by atoms with E-state index in [0.717, 1.165) is 35.7 Å². The van der Waals surface area contributed by atoms with Crippen molar-refractivity contribution in [2.45, 2.75) is 33.7 Å². The molecular formula is C19H25N3O2. The van der Waals surface area contributed by atoms with Gasteiger partial charge in [0.1, 0.15) is 12.4 Å². The highest BCUT2D eigenvalue weighted by Gasteiger charge is 2.25. The Balaban J connectivity index is 1.50. The van der Waals surface area contributed by atoms with Crippen LogP contribution in [0.4, 0.5) is 0 Å². The predicted molar refractivity (Wildman–Crippen MR) is 93.0 cm³/mol. The zero-order valence-electron chi connectivity index (χ0n) is 14.6. The van der Waals surface area contributed by atoms with Crippen molar-refractivity contribution < 1.29 is 9.53 Å². The summed E-state index contributed by atoms with van der Waals surface area (Å²) in [4.78, 5) is 12.4. The molecule has 1 aliphatic rings. The maximum Gasteiger partial charge on any atom is 0.226 e. The van der Waals surface area contributed by atoms with Gasteiger partial charge in [0.05, 0.1) is 11.6 Å². The molecule has 2 heterocycles. The van der Waals surface area contributed by atoms with E-state index in [-0.39, 0.29) is 11.8 Å². The van der Waals surface area contributed by atoms with E-state index in [4.69, 9.17) is 4.74 Å². The van der Waals surface area contributed by atoms with Gasteiger partial charge in [0.15, 0.2) is 0 Å². The molecule has 0 spiro atoms. The van der Waals surface area contributed by atoms with Crippen LogP contribution in [0.25, 0.3) is 0 Å². The molecular weight excluding hydrogens is 302 g/mol. The first-order valence-electron chi connectivity index (χ1n) is 8.52. The maximum absolute atomic E-state index is 12.4. The molecule has 5 nitrogen and oxygen atoms in total. The lowest BCUT2D eigenvalue weighted by Gasteiger charge is -2.25. The summed E-state index contributed by atoms with van der Waals surface area (Å²) in [5.74, 6) is 1.19. The number of amides is 1. The number of aromatic nitrogens is 2. The van der Waals surface area contributed by atoms with Gasteiger partial charge in [-0.3, -0.25) is 9.48 Å². The van der Waals surface area contributed by atoms with Crippen molar-refractivity contribution in [3.8, 4) is 5.75 Å². The number of benzene rings is 1. The largest absolute Gasteiger partial charge is 0.492 e. The van der Waals surface area contributed by atoms with E-state index >= 15 is 0 Å². The lowest BCUT2D eigenvalue weighted by atomic mass is 9.96. The fraction of sp³-hybridized carbons (Fsp3) is 0.474. The van der Waals surface area contributed by atoms with Crippen LogP contribution in [0.3, 0.4) is 0 Å². The van der Waals surface area contributed by atoms with Crippen LogP contribution in [0.2, 0.25) is 0 Å². The zero-order valence-corrected chi connectivity index (χ0v) is 14.6. The molecule has 1 amide bonds. The Kier molecular flexibility index (Phi) is 4.88. The maximum atomic E-state index is 12.4. The van der Waals surface area contributed by atoms with E-state index in [1.807, 2.05) is 35.9 Å². The van der Waals surface area contributed by atoms with Crippen LogP contribution >= 0.6 is 0 Å². The van der Waals surface area contributed by atoms with Crippen molar-refractivity contribution in [2.24, 2.45) is 11.8 Å². The smallest absolute Gasteiger partial charge is 0.226 e. The second-order valence-electron chi connectivity index (χ2n) is 6.78. The lowest BCUT2D eigenvalue weighted by Crippen LogP contribution is -2.39. The van der Waals surface area contributed by atoms with Crippen molar-refractivity contribution >= 4 is 5.91 Å². The second-order valence-corrected chi connectivity index (χ2v) is 6.78. The average molecular weight is 327 g/mol. The topological polar surface area (TPSA) is 56.2 Å². The molecule has 3 rings (SSSR count). The van der Waals surface area contributed by atoms with Crippen LogP contribution in [0.15, 0.2) is 30.3 Å². The van der Waals surface area contributed by atoms with Crippen LogP contribution in [-0.2, 0) is 17.8 Å². The Morgan fingerprint density at radius 2 is 2.21 bits per heavy atom. The predicted octanol–water partition coefficient (Wildman–Crippen LogP) is 2.50. The molecule has 0 aliphatic carbocycles. The number of para-hydroxylation sites is 1. The number of nitrogens with one attached hydrogen (secondary N) is 1. The Morgan fingerprint density at radius 3 is 2.96 bits per heavy atom. The van der Waals surface area contributed by atoms with Crippen LogP contribution < -0.4 is 10.1 Å². The van der Waals surface area contributed by atoms with Crippen molar-refractivity contribution in [2.75, 3.05) is 13.2 Å². The molecule has 0 unspecified atom stereocenters. The molecule has 0 saturated carbocycles. The normalized spacial score (nSPS) is 17.7. The SMILES string of the molecule is Cc1cc(C)n(C[C@@H](C)CNC(=O)[C@@H]2COc3ccccc3C2)n1. The number of fused-ring (bicyclic) bond motifs is 1. The highest BCUT2D eigenvalue weighted by Crippen LogP contribution is 2.26. The van der Waals surface area contributed by atoms with Gasteiger partial charge in [-0.2, -0.15) is 5.10 Å². The Labute approximate surface area is 143 Å². The van der Waals surface area contributed by atoms with E-state index in [1.165, 1.54) is 0 Å². The molecule has 5 heteroatoms.